The van der Waals surface area contributed by atoms with Crippen LogP contribution in [0.4, 0.5) is 0 Å². The summed E-state index contributed by atoms with van der Waals surface area (Å²) in [5, 5.41) is 16.0. The van der Waals surface area contributed by atoms with Gasteiger partial charge in [-0.15, -0.1) is 5.10 Å². The predicted molar refractivity (Wildman–Crippen MR) is 77.6 cm³/mol. The van der Waals surface area contributed by atoms with Crippen LogP contribution >= 0.6 is 0 Å². The molecule has 7 nitrogen and oxygen atoms in total. The monoisotopic (exact) mass is 278 g/mol. The van der Waals surface area contributed by atoms with E-state index < -0.39 is 0 Å². The minimum absolute atomic E-state index is 0.111. The molecule has 0 aliphatic heterocycles. The molecule has 2 heterocycles. The molecule has 0 saturated heterocycles. The first-order chi connectivity index (χ1) is 9.67. The van der Waals surface area contributed by atoms with Gasteiger partial charge >= 0.3 is 0 Å². The molecule has 0 bridgehead atoms. The Morgan fingerprint density at radius 1 is 1.40 bits per heavy atom. The third-order valence-corrected chi connectivity index (χ3v) is 3.53. The van der Waals surface area contributed by atoms with Crippen molar-refractivity contribution in [3.05, 3.63) is 16.6 Å². The largest absolute Gasteiger partial charge is 0.314 e. The summed E-state index contributed by atoms with van der Waals surface area (Å²) in [7, 11) is 1.75. The van der Waals surface area contributed by atoms with Crippen LogP contribution in [0.25, 0.3) is 11.0 Å². The first-order valence-corrected chi connectivity index (χ1v) is 7.16. The maximum Gasteiger partial charge on any atom is 0.280 e. The summed E-state index contributed by atoms with van der Waals surface area (Å²) >= 11 is 0. The van der Waals surface area contributed by atoms with Crippen molar-refractivity contribution >= 4 is 11.0 Å². The zero-order valence-electron chi connectivity index (χ0n) is 12.3. The summed E-state index contributed by atoms with van der Waals surface area (Å²) in [6, 6.07) is 0.505. The maximum atomic E-state index is 12.2. The summed E-state index contributed by atoms with van der Waals surface area (Å²) in [5.41, 5.74) is 0.421. The van der Waals surface area contributed by atoms with E-state index in [1.165, 1.54) is 4.68 Å². The van der Waals surface area contributed by atoms with Crippen LogP contribution in [0, 0.1) is 0 Å². The standard InChI is InChI=1S/C13H22N6O/c1-4-10(14-5-2)7-6-8-19-13(20)11-9-15-18(3)12(11)16-17-19/h9-10,14H,4-8H2,1-3H3. The highest BCUT2D eigenvalue weighted by Gasteiger charge is 2.10. The second-order valence-corrected chi connectivity index (χ2v) is 4.93. The van der Waals surface area contributed by atoms with E-state index in [2.05, 4.69) is 34.6 Å². The molecule has 0 radical (unpaired) electrons. The molecule has 0 saturated carbocycles. The number of hydrogen-bond acceptors (Lipinski definition) is 5. The van der Waals surface area contributed by atoms with Gasteiger partial charge in [0.25, 0.3) is 5.56 Å². The molecule has 110 valence electrons. The molecular formula is C13H22N6O. The van der Waals surface area contributed by atoms with E-state index >= 15 is 0 Å². The van der Waals surface area contributed by atoms with Crippen LogP contribution in [-0.4, -0.2) is 37.4 Å². The Labute approximate surface area is 118 Å². The van der Waals surface area contributed by atoms with Gasteiger partial charge in [-0.3, -0.25) is 4.79 Å². The first-order valence-electron chi connectivity index (χ1n) is 7.16. The number of aromatic nitrogens is 5. The van der Waals surface area contributed by atoms with Crippen molar-refractivity contribution in [2.75, 3.05) is 6.54 Å². The molecule has 0 aromatic carbocycles. The molecule has 0 amide bonds. The second kappa shape index (κ2) is 6.60. The molecule has 0 aliphatic rings. The highest BCUT2D eigenvalue weighted by molar-refractivity contribution is 5.72. The topological polar surface area (TPSA) is 77.6 Å². The van der Waals surface area contributed by atoms with Gasteiger partial charge in [0, 0.05) is 19.6 Å². The Balaban J connectivity index is 2.03. The van der Waals surface area contributed by atoms with E-state index in [0.717, 1.165) is 25.8 Å². The molecule has 1 atom stereocenters. The summed E-state index contributed by atoms with van der Waals surface area (Å²) in [4.78, 5) is 12.2. The second-order valence-electron chi connectivity index (χ2n) is 4.93. The Morgan fingerprint density at radius 3 is 2.90 bits per heavy atom. The molecule has 0 aliphatic carbocycles. The zero-order chi connectivity index (χ0) is 14.5. The zero-order valence-corrected chi connectivity index (χ0v) is 12.3. The molecule has 0 spiro atoms. The van der Waals surface area contributed by atoms with Crippen molar-refractivity contribution in [3.63, 3.8) is 0 Å². The SMILES string of the molecule is CCNC(CC)CCCn1nnc2c(cnn2C)c1=O. The van der Waals surface area contributed by atoms with Gasteiger partial charge in [0.15, 0.2) is 5.65 Å². The highest BCUT2D eigenvalue weighted by Crippen LogP contribution is 2.04. The molecule has 1 N–H and O–H groups in total. The molecular weight excluding hydrogens is 256 g/mol. The third kappa shape index (κ3) is 3.04. The lowest BCUT2D eigenvalue weighted by Gasteiger charge is -2.15. The number of fused-ring (bicyclic) bond motifs is 1. The Hall–Kier alpha value is -1.76. The minimum atomic E-state index is -0.111. The number of nitrogens with zero attached hydrogens (tertiary/aromatic N) is 5. The van der Waals surface area contributed by atoms with Gasteiger partial charge in [-0.05, 0) is 25.8 Å². The van der Waals surface area contributed by atoms with Gasteiger partial charge in [-0.1, -0.05) is 19.1 Å². The maximum absolute atomic E-state index is 12.2. The van der Waals surface area contributed by atoms with E-state index in [1.54, 1.807) is 17.9 Å². The normalized spacial score (nSPS) is 12.9. The number of hydrogen-bond donors (Lipinski definition) is 1. The van der Waals surface area contributed by atoms with Crippen LogP contribution in [0.1, 0.15) is 33.1 Å². The van der Waals surface area contributed by atoms with Gasteiger partial charge in [0.1, 0.15) is 5.39 Å². The van der Waals surface area contributed by atoms with Crippen LogP contribution < -0.4 is 10.9 Å². The number of nitrogens with one attached hydrogen (secondary N) is 1. The Kier molecular flexibility index (Phi) is 4.84. The van der Waals surface area contributed by atoms with Gasteiger partial charge in [0.2, 0.25) is 0 Å². The van der Waals surface area contributed by atoms with Crippen molar-refractivity contribution in [2.45, 2.75) is 45.7 Å². The smallest absolute Gasteiger partial charge is 0.280 e. The highest BCUT2D eigenvalue weighted by atomic mass is 16.1. The van der Waals surface area contributed by atoms with Gasteiger partial charge in [-0.2, -0.15) is 5.10 Å². The molecule has 7 heteroatoms. The van der Waals surface area contributed by atoms with E-state index in [0.29, 0.717) is 23.6 Å². The molecule has 2 aromatic rings. The lowest BCUT2D eigenvalue weighted by molar-refractivity contribution is 0.428. The van der Waals surface area contributed by atoms with Crippen LogP contribution in [0.5, 0.6) is 0 Å². The fraction of sp³-hybridized carbons (Fsp3) is 0.692. The lowest BCUT2D eigenvalue weighted by atomic mass is 10.1. The lowest BCUT2D eigenvalue weighted by Crippen LogP contribution is -2.29. The fourth-order valence-corrected chi connectivity index (χ4v) is 2.35. The molecule has 1 unspecified atom stereocenters. The van der Waals surface area contributed by atoms with Crippen molar-refractivity contribution in [1.29, 1.82) is 0 Å². The average molecular weight is 278 g/mol. The van der Waals surface area contributed by atoms with Crippen molar-refractivity contribution in [2.24, 2.45) is 7.05 Å². The van der Waals surface area contributed by atoms with Gasteiger partial charge in [0.05, 0.1) is 6.20 Å². The molecule has 0 fully saturated rings. The summed E-state index contributed by atoms with van der Waals surface area (Å²) in [5.74, 6) is 0. The summed E-state index contributed by atoms with van der Waals surface area (Å²) < 4.78 is 3.00. The van der Waals surface area contributed by atoms with Crippen LogP contribution in [0.3, 0.4) is 0 Å². The molecule has 2 aromatic heterocycles. The minimum Gasteiger partial charge on any atom is -0.314 e. The van der Waals surface area contributed by atoms with Crippen molar-refractivity contribution in [1.82, 2.24) is 30.1 Å². The first kappa shape index (κ1) is 14.6. The molecule has 2 rings (SSSR count). The summed E-state index contributed by atoms with van der Waals surface area (Å²) in [6.07, 6.45) is 4.59. The van der Waals surface area contributed by atoms with E-state index in [-0.39, 0.29) is 5.56 Å². The van der Waals surface area contributed by atoms with E-state index in [4.69, 9.17) is 0 Å². The van der Waals surface area contributed by atoms with Crippen LogP contribution in [0.15, 0.2) is 11.0 Å². The van der Waals surface area contributed by atoms with E-state index in [9.17, 15) is 4.79 Å². The Bertz CT molecular complexity index is 617. The summed E-state index contributed by atoms with van der Waals surface area (Å²) in [6.45, 7) is 5.84. The van der Waals surface area contributed by atoms with Gasteiger partial charge in [-0.25, -0.2) is 9.36 Å². The van der Waals surface area contributed by atoms with Crippen molar-refractivity contribution < 1.29 is 0 Å². The predicted octanol–water partition coefficient (Wildman–Crippen LogP) is 0.693. The van der Waals surface area contributed by atoms with Gasteiger partial charge < -0.3 is 5.32 Å². The van der Waals surface area contributed by atoms with E-state index in [1.807, 2.05) is 0 Å². The molecule has 20 heavy (non-hydrogen) atoms. The third-order valence-electron chi connectivity index (χ3n) is 3.53. The van der Waals surface area contributed by atoms with Crippen LogP contribution in [0.2, 0.25) is 0 Å². The Morgan fingerprint density at radius 2 is 2.20 bits per heavy atom. The average Bonchev–Trinajstić information content (AvgIpc) is 2.82. The number of aryl methyl sites for hydroxylation is 2. The van der Waals surface area contributed by atoms with Crippen LogP contribution in [-0.2, 0) is 13.6 Å². The fourth-order valence-electron chi connectivity index (χ4n) is 2.35. The number of rotatable bonds is 7. The van der Waals surface area contributed by atoms with Crippen molar-refractivity contribution in [3.8, 4) is 0 Å². The quantitative estimate of drug-likeness (QED) is 0.806.